The second-order valence-electron chi connectivity index (χ2n) is 5.90. The Labute approximate surface area is 156 Å². The van der Waals surface area contributed by atoms with E-state index in [0.717, 1.165) is 16.9 Å². The van der Waals surface area contributed by atoms with Gasteiger partial charge in [-0.15, -0.1) is 0 Å². The maximum atomic E-state index is 6.15. The van der Waals surface area contributed by atoms with Crippen LogP contribution in [0, 0.1) is 0 Å². The standard InChI is InChI=1S/C20H15Cl2NS/c1-12(14-8-15(21)11-16(22)9-14)13-6-7-20-18(10-13)23-17-4-2-3-5-19(17)24-20/h2-12,23H,1H3. The van der Waals surface area contributed by atoms with Gasteiger partial charge in [0, 0.05) is 25.8 Å². The highest BCUT2D eigenvalue weighted by Gasteiger charge is 2.17. The van der Waals surface area contributed by atoms with Crippen molar-refractivity contribution in [1.82, 2.24) is 0 Å². The number of halogens is 2. The summed E-state index contributed by atoms with van der Waals surface area (Å²) in [5.74, 6) is 0.218. The average Bonchev–Trinajstić information content (AvgIpc) is 2.58. The van der Waals surface area contributed by atoms with E-state index in [4.69, 9.17) is 23.2 Å². The quantitative estimate of drug-likeness (QED) is 0.395. The Bertz CT molecular complexity index is 903. The van der Waals surface area contributed by atoms with Crippen molar-refractivity contribution in [1.29, 1.82) is 0 Å². The second kappa shape index (κ2) is 6.36. The number of anilines is 2. The van der Waals surface area contributed by atoms with Crippen molar-refractivity contribution in [2.75, 3.05) is 5.32 Å². The van der Waals surface area contributed by atoms with E-state index in [-0.39, 0.29) is 5.92 Å². The van der Waals surface area contributed by atoms with Gasteiger partial charge < -0.3 is 5.32 Å². The molecule has 1 aliphatic heterocycles. The van der Waals surface area contributed by atoms with Gasteiger partial charge in [0.05, 0.1) is 11.4 Å². The number of rotatable bonds is 2. The van der Waals surface area contributed by atoms with Gasteiger partial charge in [0.25, 0.3) is 0 Å². The molecule has 0 aliphatic carbocycles. The van der Waals surface area contributed by atoms with E-state index in [9.17, 15) is 0 Å². The van der Waals surface area contributed by atoms with Crippen LogP contribution in [0.3, 0.4) is 0 Å². The number of para-hydroxylation sites is 1. The van der Waals surface area contributed by atoms with Crippen LogP contribution in [0.5, 0.6) is 0 Å². The number of hydrogen-bond acceptors (Lipinski definition) is 2. The highest BCUT2D eigenvalue weighted by molar-refractivity contribution is 7.99. The third-order valence-electron chi connectivity index (χ3n) is 4.26. The van der Waals surface area contributed by atoms with E-state index >= 15 is 0 Å². The van der Waals surface area contributed by atoms with E-state index in [1.54, 1.807) is 17.8 Å². The highest BCUT2D eigenvalue weighted by atomic mass is 35.5. The summed E-state index contributed by atoms with van der Waals surface area (Å²) in [4.78, 5) is 2.50. The molecule has 3 aromatic carbocycles. The van der Waals surface area contributed by atoms with Gasteiger partial charge in [-0.25, -0.2) is 0 Å². The maximum Gasteiger partial charge on any atom is 0.0529 e. The minimum atomic E-state index is 0.218. The van der Waals surface area contributed by atoms with Gasteiger partial charge in [-0.3, -0.25) is 0 Å². The lowest BCUT2D eigenvalue weighted by atomic mass is 9.93. The van der Waals surface area contributed by atoms with Gasteiger partial charge in [-0.2, -0.15) is 0 Å². The molecule has 0 aromatic heterocycles. The molecule has 1 atom stereocenters. The van der Waals surface area contributed by atoms with Crippen molar-refractivity contribution in [3.63, 3.8) is 0 Å². The molecule has 3 aromatic rings. The molecule has 4 heteroatoms. The van der Waals surface area contributed by atoms with Crippen LogP contribution in [0.15, 0.2) is 70.5 Å². The summed E-state index contributed by atoms with van der Waals surface area (Å²) < 4.78 is 0. The van der Waals surface area contributed by atoms with Crippen molar-refractivity contribution in [2.45, 2.75) is 22.6 Å². The van der Waals surface area contributed by atoms with E-state index in [1.807, 2.05) is 12.1 Å². The van der Waals surface area contributed by atoms with E-state index in [1.165, 1.54) is 15.4 Å². The third kappa shape index (κ3) is 3.02. The molecule has 120 valence electrons. The first-order valence-electron chi connectivity index (χ1n) is 7.74. The topological polar surface area (TPSA) is 12.0 Å². The van der Waals surface area contributed by atoms with Crippen molar-refractivity contribution in [2.24, 2.45) is 0 Å². The molecule has 1 N–H and O–H groups in total. The molecule has 1 unspecified atom stereocenters. The van der Waals surface area contributed by atoms with Crippen LogP contribution >= 0.6 is 35.0 Å². The number of hydrogen-bond donors (Lipinski definition) is 1. The molecule has 0 amide bonds. The summed E-state index contributed by atoms with van der Waals surface area (Å²) in [5.41, 5.74) is 4.66. The van der Waals surface area contributed by atoms with E-state index < -0.39 is 0 Å². The fraction of sp³-hybridized carbons (Fsp3) is 0.100. The van der Waals surface area contributed by atoms with Gasteiger partial charge >= 0.3 is 0 Å². The molecule has 0 radical (unpaired) electrons. The van der Waals surface area contributed by atoms with Crippen LogP contribution in [0.4, 0.5) is 11.4 Å². The first-order chi connectivity index (χ1) is 11.6. The zero-order valence-electron chi connectivity index (χ0n) is 13.0. The molecule has 1 nitrogen and oxygen atoms in total. The molecular formula is C20H15Cl2NS. The molecule has 24 heavy (non-hydrogen) atoms. The monoisotopic (exact) mass is 371 g/mol. The maximum absolute atomic E-state index is 6.15. The molecule has 1 aliphatic rings. The molecule has 0 spiro atoms. The summed E-state index contributed by atoms with van der Waals surface area (Å²) >= 11 is 14.1. The normalized spacial score (nSPS) is 13.6. The fourth-order valence-corrected chi connectivity index (χ4v) is 4.46. The van der Waals surface area contributed by atoms with Gasteiger partial charge in [0.15, 0.2) is 0 Å². The summed E-state index contributed by atoms with van der Waals surface area (Å²) in [7, 11) is 0. The smallest absolute Gasteiger partial charge is 0.0529 e. The van der Waals surface area contributed by atoms with E-state index in [2.05, 4.69) is 54.7 Å². The van der Waals surface area contributed by atoms with Gasteiger partial charge in [-0.1, -0.05) is 60.1 Å². The van der Waals surface area contributed by atoms with Crippen molar-refractivity contribution < 1.29 is 0 Å². The van der Waals surface area contributed by atoms with Crippen molar-refractivity contribution in [3.05, 3.63) is 81.8 Å². The summed E-state index contributed by atoms with van der Waals surface area (Å²) in [6.45, 7) is 2.17. The Morgan fingerprint density at radius 1 is 0.792 bits per heavy atom. The van der Waals surface area contributed by atoms with Crippen LogP contribution < -0.4 is 5.32 Å². The molecule has 0 saturated heterocycles. The number of nitrogens with one attached hydrogen (secondary N) is 1. The molecule has 0 saturated carbocycles. The average molecular weight is 372 g/mol. The Morgan fingerprint density at radius 2 is 1.50 bits per heavy atom. The zero-order chi connectivity index (χ0) is 16.7. The Balaban J connectivity index is 1.69. The summed E-state index contributed by atoms with van der Waals surface area (Å²) in [5, 5.41) is 4.88. The summed E-state index contributed by atoms with van der Waals surface area (Å²) in [6, 6.07) is 20.7. The van der Waals surface area contributed by atoms with Crippen LogP contribution in [0.2, 0.25) is 10.0 Å². The first kappa shape index (κ1) is 15.9. The van der Waals surface area contributed by atoms with Gasteiger partial charge in [-0.05, 0) is 53.6 Å². The molecule has 0 fully saturated rings. The number of fused-ring (bicyclic) bond motifs is 2. The largest absolute Gasteiger partial charge is 0.354 e. The van der Waals surface area contributed by atoms with Gasteiger partial charge in [0.2, 0.25) is 0 Å². The van der Waals surface area contributed by atoms with Crippen molar-refractivity contribution >= 4 is 46.3 Å². The fourth-order valence-electron chi connectivity index (χ4n) is 2.94. The molecular weight excluding hydrogens is 357 g/mol. The lowest BCUT2D eigenvalue weighted by Gasteiger charge is -2.23. The molecule has 1 heterocycles. The Hall–Kier alpha value is -1.61. The van der Waals surface area contributed by atoms with Crippen LogP contribution in [-0.2, 0) is 0 Å². The Kier molecular flexibility index (Phi) is 4.21. The summed E-state index contributed by atoms with van der Waals surface area (Å²) in [6.07, 6.45) is 0. The van der Waals surface area contributed by atoms with Crippen molar-refractivity contribution in [3.8, 4) is 0 Å². The van der Waals surface area contributed by atoms with Crippen LogP contribution in [-0.4, -0.2) is 0 Å². The highest BCUT2D eigenvalue weighted by Crippen LogP contribution is 2.45. The zero-order valence-corrected chi connectivity index (χ0v) is 15.3. The predicted octanol–water partition coefficient (Wildman–Crippen LogP) is 7.35. The van der Waals surface area contributed by atoms with Crippen LogP contribution in [0.1, 0.15) is 24.0 Å². The second-order valence-corrected chi connectivity index (χ2v) is 7.86. The third-order valence-corrected chi connectivity index (χ3v) is 5.85. The molecule has 4 rings (SSSR count). The lowest BCUT2D eigenvalue weighted by molar-refractivity contribution is 0.920. The lowest BCUT2D eigenvalue weighted by Crippen LogP contribution is -2.02. The van der Waals surface area contributed by atoms with Gasteiger partial charge in [0.1, 0.15) is 0 Å². The minimum Gasteiger partial charge on any atom is -0.354 e. The SMILES string of the molecule is CC(c1cc(Cl)cc(Cl)c1)c1ccc2c(c1)Nc1ccccc1S2. The first-order valence-corrected chi connectivity index (χ1v) is 9.31. The minimum absolute atomic E-state index is 0.218. The Morgan fingerprint density at radius 3 is 2.29 bits per heavy atom. The number of benzene rings is 3. The molecule has 0 bridgehead atoms. The van der Waals surface area contributed by atoms with Crippen LogP contribution in [0.25, 0.3) is 0 Å². The van der Waals surface area contributed by atoms with E-state index in [0.29, 0.717) is 10.0 Å². The predicted molar refractivity (Wildman–Crippen MR) is 104 cm³/mol.